The van der Waals surface area contributed by atoms with Crippen molar-refractivity contribution in [2.24, 2.45) is 5.92 Å². The first-order valence-corrected chi connectivity index (χ1v) is 11.1. The molecule has 132 valence electrons. The van der Waals surface area contributed by atoms with Crippen molar-refractivity contribution in [2.45, 2.75) is 117 Å². The van der Waals surface area contributed by atoms with Crippen LogP contribution in [0.4, 0.5) is 0 Å². The Bertz CT molecular complexity index is 216. The van der Waals surface area contributed by atoms with Crippen molar-refractivity contribution < 1.29 is 4.57 Å². The van der Waals surface area contributed by atoms with E-state index in [2.05, 4.69) is 13.8 Å². The van der Waals surface area contributed by atoms with Gasteiger partial charge in [0, 0.05) is 6.16 Å². The van der Waals surface area contributed by atoms with Gasteiger partial charge < -0.3 is 0 Å². The second kappa shape index (κ2) is 19.1. The molecule has 0 spiro atoms. The summed E-state index contributed by atoms with van der Waals surface area (Å²) in [7, 11) is 0.328. The predicted octanol–water partition coefficient (Wildman–Crippen LogP) is 8.18. The zero-order valence-electron chi connectivity index (χ0n) is 15.5. The molecule has 0 amide bonds. The van der Waals surface area contributed by atoms with Gasteiger partial charge in [-0.25, -0.2) is 0 Å². The molecule has 1 nitrogen and oxygen atoms in total. The first kappa shape index (κ1) is 22.1. The van der Waals surface area contributed by atoms with Crippen LogP contribution in [0.25, 0.3) is 0 Å². The molecule has 0 heterocycles. The molecular formula is C20H41OP. The van der Waals surface area contributed by atoms with Gasteiger partial charge in [0.25, 0.3) is 0 Å². The molecule has 0 saturated carbocycles. The summed E-state index contributed by atoms with van der Waals surface area (Å²) in [5.41, 5.74) is 0. The SMILES string of the molecule is CC(C)CCCCCCCCCCCCCCCCCP=O. The molecule has 0 atom stereocenters. The summed E-state index contributed by atoms with van der Waals surface area (Å²) in [5.74, 6) is 0.887. The molecule has 0 N–H and O–H groups in total. The molecule has 0 aromatic rings. The fourth-order valence-electron chi connectivity index (χ4n) is 3.03. The molecule has 0 radical (unpaired) electrons. The van der Waals surface area contributed by atoms with Crippen molar-refractivity contribution in [1.82, 2.24) is 0 Å². The minimum atomic E-state index is 0.328. The molecule has 0 aromatic carbocycles. The minimum Gasteiger partial charge on any atom is -0.275 e. The fourth-order valence-corrected chi connectivity index (χ4v) is 3.38. The lowest BCUT2D eigenvalue weighted by molar-refractivity contribution is 0.502. The second-order valence-electron chi connectivity index (χ2n) is 7.34. The summed E-state index contributed by atoms with van der Waals surface area (Å²) >= 11 is 0. The zero-order chi connectivity index (χ0) is 16.3. The van der Waals surface area contributed by atoms with Gasteiger partial charge in [-0.05, 0) is 12.3 Å². The molecule has 0 aliphatic heterocycles. The standard InChI is InChI=1S/C20H41OP/c1-20(2)18-16-14-12-10-8-6-4-3-5-7-9-11-13-15-17-19-22-21/h20H,3-19H2,1-2H3. The topological polar surface area (TPSA) is 17.1 Å². The third-order valence-electron chi connectivity index (χ3n) is 4.53. The van der Waals surface area contributed by atoms with Crippen LogP contribution in [0.5, 0.6) is 0 Å². The summed E-state index contributed by atoms with van der Waals surface area (Å²) in [4.78, 5) is 0. The largest absolute Gasteiger partial charge is 0.275 e. The summed E-state index contributed by atoms with van der Waals surface area (Å²) in [5, 5.41) is 0. The first-order chi connectivity index (χ1) is 10.8. The molecule has 2 heteroatoms. The van der Waals surface area contributed by atoms with Crippen LogP contribution in [0.15, 0.2) is 0 Å². The number of unbranched alkanes of at least 4 members (excludes halogenated alkanes) is 14. The molecule has 0 fully saturated rings. The molecule has 0 aliphatic carbocycles. The van der Waals surface area contributed by atoms with Gasteiger partial charge in [-0.2, -0.15) is 0 Å². The lowest BCUT2D eigenvalue weighted by Gasteiger charge is -2.05. The van der Waals surface area contributed by atoms with Gasteiger partial charge in [0.1, 0.15) is 0 Å². The van der Waals surface area contributed by atoms with Crippen molar-refractivity contribution in [2.75, 3.05) is 6.16 Å². The second-order valence-corrected chi connectivity index (χ2v) is 8.04. The van der Waals surface area contributed by atoms with Crippen LogP contribution in [0.2, 0.25) is 0 Å². The highest BCUT2D eigenvalue weighted by molar-refractivity contribution is 7.23. The maximum absolute atomic E-state index is 10.3. The molecule has 0 unspecified atom stereocenters. The van der Waals surface area contributed by atoms with E-state index in [-0.39, 0.29) is 0 Å². The Kier molecular flexibility index (Phi) is 19.2. The molecule has 22 heavy (non-hydrogen) atoms. The van der Waals surface area contributed by atoms with E-state index in [1.807, 2.05) is 0 Å². The smallest absolute Gasteiger partial charge is 0.155 e. The van der Waals surface area contributed by atoms with E-state index in [9.17, 15) is 4.57 Å². The summed E-state index contributed by atoms with van der Waals surface area (Å²) in [6.45, 7) is 4.66. The normalized spacial score (nSPS) is 11.6. The summed E-state index contributed by atoms with van der Waals surface area (Å²) < 4.78 is 10.3. The predicted molar refractivity (Wildman–Crippen MR) is 101 cm³/mol. The number of hydrogen-bond acceptors (Lipinski definition) is 1. The Hall–Kier alpha value is 0.100. The van der Waals surface area contributed by atoms with Gasteiger partial charge in [-0.3, -0.25) is 4.57 Å². The van der Waals surface area contributed by atoms with Gasteiger partial charge in [0.05, 0.1) is 0 Å². The summed E-state index contributed by atoms with van der Waals surface area (Å²) in [6, 6.07) is 0. The highest BCUT2D eigenvalue weighted by atomic mass is 31.1. The van der Waals surface area contributed by atoms with Gasteiger partial charge in [-0.1, -0.05) is 110 Å². The van der Waals surface area contributed by atoms with Crippen LogP contribution in [0.3, 0.4) is 0 Å². The maximum Gasteiger partial charge on any atom is 0.155 e. The maximum atomic E-state index is 10.3. The molecule has 0 bridgehead atoms. The van der Waals surface area contributed by atoms with Crippen LogP contribution in [0.1, 0.15) is 117 Å². The number of rotatable bonds is 18. The van der Waals surface area contributed by atoms with Gasteiger partial charge in [0.15, 0.2) is 8.46 Å². The van der Waals surface area contributed by atoms with E-state index in [1.165, 1.54) is 96.3 Å². The average molecular weight is 329 g/mol. The quantitative estimate of drug-likeness (QED) is 0.183. The summed E-state index contributed by atoms with van der Waals surface area (Å²) in [6.07, 6.45) is 23.3. The Morgan fingerprint density at radius 3 is 1.18 bits per heavy atom. The van der Waals surface area contributed by atoms with Crippen LogP contribution < -0.4 is 0 Å². The Labute approximate surface area is 142 Å². The third-order valence-corrected chi connectivity index (χ3v) is 5.03. The molecule has 0 aliphatic rings. The first-order valence-electron chi connectivity index (χ1n) is 10.1. The number of hydrogen-bond donors (Lipinski definition) is 0. The third kappa shape index (κ3) is 20.1. The van der Waals surface area contributed by atoms with Gasteiger partial charge in [0.2, 0.25) is 0 Å². The van der Waals surface area contributed by atoms with E-state index >= 15 is 0 Å². The van der Waals surface area contributed by atoms with E-state index in [1.54, 1.807) is 0 Å². The van der Waals surface area contributed by atoms with Crippen LogP contribution >= 0.6 is 8.46 Å². The van der Waals surface area contributed by atoms with Crippen molar-refractivity contribution in [1.29, 1.82) is 0 Å². The Balaban J connectivity index is 2.95. The highest BCUT2D eigenvalue weighted by Crippen LogP contribution is 2.15. The monoisotopic (exact) mass is 328 g/mol. The molecule has 0 saturated heterocycles. The Morgan fingerprint density at radius 2 is 0.864 bits per heavy atom. The van der Waals surface area contributed by atoms with Crippen LogP contribution in [0, 0.1) is 5.92 Å². The molecular weight excluding hydrogens is 287 g/mol. The minimum absolute atomic E-state index is 0.328. The lowest BCUT2D eigenvalue weighted by Crippen LogP contribution is -1.87. The van der Waals surface area contributed by atoms with Crippen molar-refractivity contribution in [3.63, 3.8) is 0 Å². The highest BCUT2D eigenvalue weighted by Gasteiger charge is 1.96. The molecule has 0 rings (SSSR count). The van der Waals surface area contributed by atoms with Crippen LogP contribution in [-0.2, 0) is 4.57 Å². The van der Waals surface area contributed by atoms with E-state index in [4.69, 9.17) is 0 Å². The van der Waals surface area contributed by atoms with E-state index in [0.717, 1.165) is 18.5 Å². The average Bonchev–Trinajstić information content (AvgIpc) is 2.50. The zero-order valence-corrected chi connectivity index (χ0v) is 16.3. The van der Waals surface area contributed by atoms with E-state index in [0.29, 0.717) is 8.46 Å². The molecule has 0 aromatic heterocycles. The Morgan fingerprint density at radius 1 is 0.545 bits per heavy atom. The van der Waals surface area contributed by atoms with Crippen LogP contribution in [-0.4, -0.2) is 6.16 Å². The van der Waals surface area contributed by atoms with Gasteiger partial charge in [-0.15, -0.1) is 0 Å². The van der Waals surface area contributed by atoms with Crippen molar-refractivity contribution in [3.8, 4) is 0 Å². The van der Waals surface area contributed by atoms with Crippen molar-refractivity contribution >= 4 is 8.46 Å². The van der Waals surface area contributed by atoms with E-state index < -0.39 is 0 Å². The van der Waals surface area contributed by atoms with Gasteiger partial charge >= 0.3 is 0 Å². The lowest BCUT2D eigenvalue weighted by atomic mass is 10.0. The fraction of sp³-hybridized carbons (Fsp3) is 1.00. The van der Waals surface area contributed by atoms with Crippen molar-refractivity contribution in [3.05, 3.63) is 0 Å².